The van der Waals surface area contributed by atoms with Crippen LogP contribution in [0.2, 0.25) is 0 Å². The fourth-order valence-corrected chi connectivity index (χ4v) is 1.98. The van der Waals surface area contributed by atoms with E-state index >= 15 is 0 Å². The van der Waals surface area contributed by atoms with Gasteiger partial charge in [0.2, 0.25) is 0 Å². The van der Waals surface area contributed by atoms with Crippen LogP contribution >= 0.6 is 0 Å². The number of likely N-dealkylation sites (tertiary alicyclic amines) is 1. The Kier molecular flexibility index (Phi) is 3.51. The van der Waals surface area contributed by atoms with Gasteiger partial charge in [0.15, 0.2) is 0 Å². The van der Waals surface area contributed by atoms with Crippen molar-refractivity contribution < 1.29 is 5.11 Å². The Hall–Kier alpha value is -0.340. The van der Waals surface area contributed by atoms with Crippen LogP contribution in [0, 0.1) is 0 Å². The van der Waals surface area contributed by atoms with Gasteiger partial charge in [-0.05, 0) is 46.2 Å². The summed E-state index contributed by atoms with van der Waals surface area (Å²) in [4.78, 5) is 2.36. The smallest absolute Gasteiger partial charge is 0.0805 e. The summed E-state index contributed by atoms with van der Waals surface area (Å²) in [5.74, 6) is 0. The van der Waals surface area contributed by atoms with Crippen LogP contribution in [0.3, 0.4) is 0 Å². The first-order valence-corrected chi connectivity index (χ1v) is 5.15. The molecule has 76 valence electrons. The van der Waals surface area contributed by atoms with Crippen molar-refractivity contribution in [1.29, 1.82) is 0 Å². The van der Waals surface area contributed by atoms with E-state index in [9.17, 15) is 5.11 Å². The number of rotatable bonds is 4. The molecule has 13 heavy (non-hydrogen) atoms. The highest BCUT2D eigenvalue weighted by Crippen LogP contribution is 2.23. The SMILES string of the molecule is C=CC[C@](C)(O)[C@@H](C)N1CCCC1. The first kappa shape index (κ1) is 10.7. The van der Waals surface area contributed by atoms with Gasteiger partial charge < -0.3 is 5.11 Å². The molecule has 1 heterocycles. The monoisotopic (exact) mass is 183 g/mol. The summed E-state index contributed by atoms with van der Waals surface area (Å²) in [6, 6.07) is 0.244. The van der Waals surface area contributed by atoms with Gasteiger partial charge in [-0.15, -0.1) is 6.58 Å². The Balaban J connectivity index is 2.52. The van der Waals surface area contributed by atoms with Crippen molar-refractivity contribution in [1.82, 2.24) is 4.90 Å². The second-order valence-corrected chi connectivity index (χ2v) is 4.27. The van der Waals surface area contributed by atoms with Gasteiger partial charge >= 0.3 is 0 Å². The van der Waals surface area contributed by atoms with Crippen molar-refractivity contribution in [3.63, 3.8) is 0 Å². The lowest BCUT2D eigenvalue weighted by molar-refractivity contribution is -0.0162. The zero-order valence-corrected chi connectivity index (χ0v) is 8.79. The third-order valence-corrected chi connectivity index (χ3v) is 3.15. The molecule has 0 spiro atoms. The largest absolute Gasteiger partial charge is 0.388 e. The lowest BCUT2D eigenvalue weighted by atomic mass is 9.93. The molecule has 0 saturated carbocycles. The molecule has 1 aliphatic heterocycles. The average molecular weight is 183 g/mol. The van der Waals surface area contributed by atoms with Gasteiger partial charge in [0.1, 0.15) is 0 Å². The molecule has 0 aromatic rings. The Bertz CT molecular complexity index is 171. The predicted molar refractivity (Wildman–Crippen MR) is 55.7 cm³/mol. The maximum Gasteiger partial charge on any atom is 0.0805 e. The topological polar surface area (TPSA) is 23.5 Å². The van der Waals surface area contributed by atoms with Crippen molar-refractivity contribution in [2.45, 2.75) is 44.8 Å². The minimum atomic E-state index is -0.619. The van der Waals surface area contributed by atoms with Crippen LogP contribution in [0.15, 0.2) is 12.7 Å². The van der Waals surface area contributed by atoms with Crippen LogP contribution in [-0.2, 0) is 0 Å². The van der Waals surface area contributed by atoms with Crippen LogP contribution in [0.1, 0.15) is 33.1 Å². The fraction of sp³-hybridized carbons (Fsp3) is 0.818. The van der Waals surface area contributed by atoms with E-state index in [0.717, 1.165) is 13.1 Å². The summed E-state index contributed by atoms with van der Waals surface area (Å²) in [7, 11) is 0. The first-order chi connectivity index (χ1) is 6.08. The fourth-order valence-electron chi connectivity index (χ4n) is 1.98. The highest BCUT2D eigenvalue weighted by molar-refractivity contribution is 4.92. The van der Waals surface area contributed by atoms with E-state index in [1.54, 1.807) is 6.08 Å². The Morgan fingerprint density at radius 3 is 2.54 bits per heavy atom. The van der Waals surface area contributed by atoms with Gasteiger partial charge in [-0.1, -0.05) is 6.08 Å². The quantitative estimate of drug-likeness (QED) is 0.672. The molecular formula is C11H21NO. The lowest BCUT2D eigenvalue weighted by Gasteiger charge is -2.36. The minimum Gasteiger partial charge on any atom is -0.388 e. The Morgan fingerprint density at radius 1 is 1.54 bits per heavy atom. The van der Waals surface area contributed by atoms with Crippen molar-refractivity contribution in [3.8, 4) is 0 Å². The van der Waals surface area contributed by atoms with E-state index in [1.807, 2.05) is 6.92 Å². The molecule has 2 heteroatoms. The molecule has 0 unspecified atom stereocenters. The summed E-state index contributed by atoms with van der Waals surface area (Å²) in [6.45, 7) is 9.95. The van der Waals surface area contributed by atoms with Crippen molar-refractivity contribution in [3.05, 3.63) is 12.7 Å². The second-order valence-electron chi connectivity index (χ2n) is 4.27. The zero-order valence-electron chi connectivity index (χ0n) is 8.79. The molecule has 0 aromatic carbocycles. The lowest BCUT2D eigenvalue weighted by Crippen LogP contribution is -2.47. The van der Waals surface area contributed by atoms with Crippen LogP contribution in [-0.4, -0.2) is 34.7 Å². The van der Waals surface area contributed by atoms with E-state index in [4.69, 9.17) is 0 Å². The van der Waals surface area contributed by atoms with Crippen molar-refractivity contribution >= 4 is 0 Å². The molecule has 0 bridgehead atoms. The first-order valence-electron chi connectivity index (χ1n) is 5.15. The van der Waals surface area contributed by atoms with Crippen LogP contribution in [0.4, 0.5) is 0 Å². The van der Waals surface area contributed by atoms with Crippen LogP contribution in [0.5, 0.6) is 0 Å². The molecule has 2 atom stereocenters. The van der Waals surface area contributed by atoms with Crippen LogP contribution in [0.25, 0.3) is 0 Å². The molecule has 0 aliphatic carbocycles. The summed E-state index contributed by atoms with van der Waals surface area (Å²) in [5, 5.41) is 10.1. The van der Waals surface area contributed by atoms with E-state index in [0.29, 0.717) is 6.42 Å². The van der Waals surface area contributed by atoms with Crippen molar-refractivity contribution in [2.24, 2.45) is 0 Å². The molecule has 1 rings (SSSR count). The third-order valence-electron chi connectivity index (χ3n) is 3.15. The summed E-state index contributed by atoms with van der Waals surface area (Å²) >= 11 is 0. The number of aliphatic hydroxyl groups is 1. The van der Waals surface area contributed by atoms with E-state index in [-0.39, 0.29) is 6.04 Å². The van der Waals surface area contributed by atoms with E-state index in [1.165, 1.54) is 12.8 Å². The molecule has 1 aliphatic rings. The van der Waals surface area contributed by atoms with Gasteiger partial charge in [-0.25, -0.2) is 0 Å². The molecule has 1 saturated heterocycles. The molecule has 0 radical (unpaired) electrons. The molecule has 0 aromatic heterocycles. The van der Waals surface area contributed by atoms with Gasteiger partial charge in [0, 0.05) is 6.04 Å². The van der Waals surface area contributed by atoms with E-state index in [2.05, 4.69) is 18.4 Å². The third kappa shape index (κ3) is 2.55. The highest BCUT2D eigenvalue weighted by Gasteiger charge is 2.32. The zero-order chi connectivity index (χ0) is 9.90. The predicted octanol–water partition coefficient (Wildman–Crippen LogP) is 1.80. The van der Waals surface area contributed by atoms with Gasteiger partial charge in [-0.3, -0.25) is 4.90 Å². The molecule has 0 amide bonds. The standard InChI is InChI=1S/C11H21NO/c1-4-7-11(3,13)10(2)12-8-5-6-9-12/h4,10,13H,1,5-9H2,2-3H3/t10-,11+/m1/s1. The van der Waals surface area contributed by atoms with Gasteiger partial charge in [-0.2, -0.15) is 0 Å². The summed E-state index contributed by atoms with van der Waals surface area (Å²) in [5.41, 5.74) is -0.619. The van der Waals surface area contributed by atoms with E-state index < -0.39 is 5.60 Å². The number of nitrogens with zero attached hydrogens (tertiary/aromatic N) is 1. The highest BCUT2D eigenvalue weighted by atomic mass is 16.3. The summed E-state index contributed by atoms with van der Waals surface area (Å²) in [6.07, 6.45) is 5.01. The van der Waals surface area contributed by atoms with Gasteiger partial charge in [0.05, 0.1) is 5.60 Å². The minimum absolute atomic E-state index is 0.244. The molecular weight excluding hydrogens is 162 g/mol. The van der Waals surface area contributed by atoms with Gasteiger partial charge in [0.25, 0.3) is 0 Å². The second kappa shape index (κ2) is 4.25. The molecule has 1 N–H and O–H groups in total. The number of hydrogen-bond acceptors (Lipinski definition) is 2. The maximum absolute atomic E-state index is 10.1. The maximum atomic E-state index is 10.1. The molecule has 2 nitrogen and oxygen atoms in total. The average Bonchev–Trinajstić information content (AvgIpc) is 2.54. The van der Waals surface area contributed by atoms with Crippen molar-refractivity contribution in [2.75, 3.05) is 13.1 Å². The normalized spacial score (nSPS) is 25.5. The van der Waals surface area contributed by atoms with Crippen LogP contribution < -0.4 is 0 Å². The Labute approximate surface area is 81.2 Å². The molecule has 1 fully saturated rings. The summed E-state index contributed by atoms with van der Waals surface area (Å²) < 4.78 is 0. The number of hydrogen-bond donors (Lipinski definition) is 1. The Morgan fingerprint density at radius 2 is 2.08 bits per heavy atom.